The molecule has 0 N–H and O–H groups in total. The normalized spacial score (nSPS) is 25.5. The first-order valence-electron chi connectivity index (χ1n) is 2.02. The number of hydrogen-bond donors (Lipinski definition) is 0. The molecule has 1 nitrogen and oxygen atoms in total. The number of carbonyl (C=O) groups excluding carboxylic acids is 1. The molecule has 1 aliphatic rings. The Hall–Kier alpha value is -0.280. The molecule has 1 atom stereocenters. The van der Waals surface area contributed by atoms with E-state index in [1.54, 1.807) is 18.4 Å². The van der Waals surface area contributed by atoms with E-state index in [1.807, 2.05) is 5.41 Å². The molecule has 1 radical (unpaired) electrons. The molecule has 1 heterocycles. The average Bonchev–Trinajstić information content (AvgIpc) is 2.14. The third kappa shape index (κ3) is 0.928. The molecule has 0 aliphatic carbocycles. The van der Waals surface area contributed by atoms with Crippen molar-refractivity contribution in [3.8, 4) is 0 Å². The molecule has 0 saturated carbocycles. The molecule has 0 aromatic heterocycles. The molecule has 0 amide bonds. The van der Waals surface area contributed by atoms with E-state index in [4.69, 9.17) is 11.2 Å². The van der Waals surface area contributed by atoms with Crippen molar-refractivity contribution < 1.29 is 4.79 Å². The minimum atomic E-state index is -0.370. The van der Waals surface area contributed by atoms with Crippen molar-refractivity contribution in [1.82, 2.24) is 0 Å². The summed E-state index contributed by atoms with van der Waals surface area (Å²) in [5.41, 5.74) is 0. The Morgan fingerprint density at radius 3 is 2.75 bits per heavy atom. The van der Waals surface area contributed by atoms with Crippen LogP contribution in [0.5, 0.6) is 0 Å². The molecule has 0 bridgehead atoms. The van der Waals surface area contributed by atoms with Gasteiger partial charge in [-0.25, -0.2) is 0 Å². The lowest BCUT2D eigenvalue weighted by Gasteiger charge is -1.84. The number of allylic oxidation sites excluding steroid dienone is 3. The van der Waals surface area contributed by atoms with Gasteiger partial charge in [0, 0.05) is 0 Å². The van der Waals surface area contributed by atoms with Gasteiger partial charge in [0.1, 0.15) is 0 Å². The van der Waals surface area contributed by atoms with Crippen LogP contribution in [0.4, 0.5) is 0 Å². The topological polar surface area (TPSA) is 17.1 Å². The fraction of sp³-hybridized carbons (Fsp3) is 0. The average molecular weight is 143 g/mol. The van der Waals surface area contributed by atoms with Gasteiger partial charge >= 0.3 is 0 Å². The zero-order chi connectivity index (χ0) is 5.98. The fourth-order valence-corrected chi connectivity index (χ4v) is 1.54. The first-order chi connectivity index (χ1) is 3.84. The lowest BCUT2D eigenvalue weighted by Crippen LogP contribution is -1.83. The lowest BCUT2D eigenvalue weighted by atomic mass is 10.5. The minimum Gasteiger partial charge on any atom is -0.284 e. The van der Waals surface area contributed by atoms with Crippen LogP contribution in [-0.2, 0) is 25.4 Å². The van der Waals surface area contributed by atoms with Crippen LogP contribution in [-0.4, -0.2) is 6.29 Å². The maximum absolute atomic E-state index is 9.92. The number of hydrogen-bond acceptors (Lipinski definition) is 2. The molecular formula is C5H3OS2. The molecule has 1 rings (SSSR count). The molecule has 1 unspecified atom stereocenters. The van der Waals surface area contributed by atoms with Gasteiger partial charge in [-0.2, -0.15) is 0 Å². The van der Waals surface area contributed by atoms with Crippen molar-refractivity contribution in [2.75, 3.05) is 0 Å². The first-order valence-corrected chi connectivity index (χ1v) is 4.23. The molecular weight excluding hydrogens is 140 g/mol. The van der Waals surface area contributed by atoms with Crippen molar-refractivity contribution in [3.05, 3.63) is 22.5 Å². The summed E-state index contributed by atoms with van der Waals surface area (Å²) in [6, 6.07) is 0. The van der Waals surface area contributed by atoms with Crippen LogP contribution in [0.1, 0.15) is 0 Å². The Kier molecular flexibility index (Phi) is 1.70. The van der Waals surface area contributed by atoms with Crippen LogP contribution >= 0.6 is 0 Å². The second-order valence-corrected chi connectivity index (χ2v) is 3.64. The summed E-state index contributed by atoms with van der Waals surface area (Å²) in [4.78, 5) is 10.5. The van der Waals surface area contributed by atoms with E-state index in [9.17, 15) is 4.79 Å². The highest BCUT2D eigenvalue weighted by molar-refractivity contribution is 8.33. The Morgan fingerprint density at radius 1 is 1.75 bits per heavy atom. The van der Waals surface area contributed by atoms with Crippen molar-refractivity contribution in [2.24, 2.45) is 0 Å². The SMILES string of the molecule is O=[C]C1=CC=CS1=S. The predicted molar refractivity (Wildman–Crippen MR) is 37.6 cm³/mol. The quantitative estimate of drug-likeness (QED) is 0.534. The summed E-state index contributed by atoms with van der Waals surface area (Å²) in [5.74, 6) is 0. The summed E-state index contributed by atoms with van der Waals surface area (Å²) < 4.78 is 0. The second kappa shape index (κ2) is 2.33. The van der Waals surface area contributed by atoms with Crippen LogP contribution in [0, 0.1) is 0 Å². The van der Waals surface area contributed by atoms with Gasteiger partial charge in [0.2, 0.25) is 6.29 Å². The summed E-state index contributed by atoms with van der Waals surface area (Å²) in [6.07, 6.45) is 5.26. The molecule has 41 valence electrons. The van der Waals surface area contributed by atoms with Gasteiger partial charge in [-0.05, 0) is 22.7 Å². The van der Waals surface area contributed by atoms with Crippen LogP contribution in [0.3, 0.4) is 0 Å². The maximum Gasteiger partial charge on any atom is 0.241 e. The molecule has 8 heavy (non-hydrogen) atoms. The van der Waals surface area contributed by atoms with Crippen molar-refractivity contribution in [1.29, 1.82) is 0 Å². The zero-order valence-corrected chi connectivity index (χ0v) is 5.59. The summed E-state index contributed by atoms with van der Waals surface area (Å²) in [7, 11) is -0.370. The standard InChI is InChI=1S/C5H3OS2/c6-4-5-2-1-3-8(5)7/h1-3H. The highest BCUT2D eigenvalue weighted by Crippen LogP contribution is 2.07. The molecule has 0 aromatic carbocycles. The smallest absolute Gasteiger partial charge is 0.241 e. The van der Waals surface area contributed by atoms with Crippen LogP contribution in [0.15, 0.2) is 22.5 Å². The Labute approximate surface area is 54.7 Å². The van der Waals surface area contributed by atoms with E-state index >= 15 is 0 Å². The highest BCUT2D eigenvalue weighted by atomic mass is 32.8. The van der Waals surface area contributed by atoms with Crippen molar-refractivity contribution in [2.45, 2.75) is 0 Å². The van der Waals surface area contributed by atoms with Crippen LogP contribution < -0.4 is 0 Å². The third-order valence-electron chi connectivity index (χ3n) is 0.767. The predicted octanol–water partition coefficient (Wildman–Crippen LogP) is 0.587. The maximum atomic E-state index is 9.92. The summed E-state index contributed by atoms with van der Waals surface area (Å²) in [6.45, 7) is 0. The Morgan fingerprint density at radius 2 is 2.50 bits per heavy atom. The third-order valence-corrected chi connectivity index (χ3v) is 2.70. The largest absolute Gasteiger partial charge is 0.284 e. The molecule has 3 heteroatoms. The summed E-state index contributed by atoms with van der Waals surface area (Å²) in [5, 5.41) is 1.82. The molecule has 0 saturated heterocycles. The molecule has 0 aromatic rings. The van der Waals surface area contributed by atoms with E-state index in [0.717, 1.165) is 0 Å². The molecule has 0 fully saturated rings. The lowest BCUT2D eigenvalue weighted by molar-refractivity contribution is 0.563. The van der Waals surface area contributed by atoms with E-state index in [0.29, 0.717) is 4.91 Å². The van der Waals surface area contributed by atoms with E-state index in [2.05, 4.69) is 0 Å². The van der Waals surface area contributed by atoms with Gasteiger partial charge in [0.25, 0.3) is 0 Å². The van der Waals surface area contributed by atoms with Crippen molar-refractivity contribution in [3.63, 3.8) is 0 Å². The minimum absolute atomic E-state index is 0.370. The van der Waals surface area contributed by atoms with Gasteiger partial charge in [-0.3, -0.25) is 4.79 Å². The van der Waals surface area contributed by atoms with Crippen molar-refractivity contribution >= 4 is 26.9 Å². The Bertz CT molecular complexity index is 191. The molecule has 0 spiro atoms. The van der Waals surface area contributed by atoms with Crippen LogP contribution in [0.25, 0.3) is 0 Å². The first kappa shape index (κ1) is 5.85. The monoisotopic (exact) mass is 143 g/mol. The highest BCUT2D eigenvalue weighted by Gasteiger charge is 2.01. The number of rotatable bonds is 1. The summed E-state index contributed by atoms with van der Waals surface area (Å²) >= 11 is 4.83. The zero-order valence-electron chi connectivity index (χ0n) is 3.96. The van der Waals surface area contributed by atoms with Gasteiger partial charge in [0.05, 0.1) is 4.91 Å². The van der Waals surface area contributed by atoms with E-state index in [-0.39, 0.29) is 9.45 Å². The van der Waals surface area contributed by atoms with Gasteiger partial charge in [-0.1, -0.05) is 15.5 Å². The van der Waals surface area contributed by atoms with E-state index < -0.39 is 0 Å². The fourth-order valence-electron chi connectivity index (χ4n) is 0.413. The van der Waals surface area contributed by atoms with E-state index in [1.165, 1.54) is 0 Å². The molecule has 1 aliphatic heterocycles. The van der Waals surface area contributed by atoms with Gasteiger partial charge < -0.3 is 0 Å². The second-order valence-electron chi connectivity index (χ2n) is 1.26. The van der Waals surface area contributed by atoms with Gasteiger partial charge in [0.15, 0.2) is 0 Å². The van der Waals surface area contributed by atoms with Gasteiger partial charge in [-0.15, -0.1) is 0 Å². The van der Waals surface area contributed by atoms with Crippen LogP contribution in [0.2, 0.25) is 0 Å². The Balaban J connectivity index is 2.88.